The standard InChI is InChI=1S/C11H19N3O2S/c1-7-4-9(5-8(2)16-7)15-6-10-13-14-11(12-3)17-10/h7-9H,4-6H2,1-3H3,(H,12,14). The lowest BCUT2D eigenvalue weighted by molar-refractivity contribution is -0.106. The SMILES string of the molecule is CNc1nnc(COC2CC(C)OC(C)C2)s1. The van der Waals surface area contributed by atoms with Gasteiger partial charge < -0.3 is 14.8 Å². The van der Waals surface area contributed by atoms with Crippen molar-refractivity contribution in [3.8, 4) is 0 Å². The Morgan fingerprint density at radius 3 is 2.65 bits per heavy atom. The predicted molar refractivity (Wildman–Crippen MR) is 67.3 cm³/mol. The van der Waals surface area contributed by atoms with Crippen LogP contribution in [0.2, 0.25) is 0 Å². The third kappa shape index (κ3) is 3.62. The number of nitrogens with zero attached hydrogens (tertiary/aromatic N) is 2. The van der Waals surface area contributed by atoms with E-state index in [1.807, 2.05) is 7.05 Å². The van der Waals surface area contributed by atoms with Gasteiger partial charge in [0, 0.05) is 7.05 Å². The van der Waals surface area contributed by atoms with Crippen LogP contribution < -0.4 is 5.32 Å². The van der Waals surface area contributed by atoms with E-state index in [-0.39, 0.29) is 18.3 Å². The molecule has 2 rings (SSSR count). The van der Waals surface area contributed by atoms with Gasteiger partial charge in [0.2, 0.25) is 5.13 Å². The first kappa shape index (κ1) is 12.7. The maximum atomic E-state index is 5.87. The van der Waals surface area contributed by atoms with Gasteiger partial charge in [0.05, 0.1) is 18.3 Å². The van der Waals surface area contributed by atoms with Crippen LogP contribution in [-0.4, -0.2) is 35.6 Å². The molecule has 0 bridgehead atoms. The van der Waals surface area contributed by atoms with Crippen molar-refractivity contribution in [2.45, 2.75) is 51.6 Å². The number of nitrogens with one attached hydrogen (secondary N) is 1. The van der Waals surface area contributed by atoms with Crippen molar-refractivity contribution in [3.05, 3.63) is 5.01 Å². The molecular weight excluding hydrogens is 238 g/mol. The summed E-state index contributed by atoms with van der Waals surface area (Å²) in [5.41, 5.74) is 0. The lowest BCUT2D eigenvalue weighted by Gasteiger charge is -2.31. The van der Waals surface area contributed by atoms with E-state index in [9.17, 15) is 0 Å². The summed E-state index contributed by atoms with van der Waals surface area (Å²) in [4.78, 5) is 0. The van der Waals surface area contributed by atoms with Crippen molar-refractivity contribution in [1.29, 1.82) is 0 Å². The van der Waals surface area contributed by atoms with Crippen LogP contribution in [-0.2, 0) is 16.1 Å². The minimum absolute atomic E-state index is 0.274. The zero-order valence-electron chi connectivity index (χ0n) is 10.5. The molecule has 0 aromatic carbocycles. The molecule has 2 atom stereocenters. The van der Waals surface area contributed by atoms with Crippen molar-refractivity contribution in [2.75, 3.05) is 12.4 Å². The molecule has 0 aliphatic carbocycles. The van der Waals surface area contributed by atoms with E-state index in [0.29, 0.717) is 6.61 Å². The van der Waals surface area contributed by atoms with Gasteiger partial charge >= 0.3 is 0 Å². The Morgan fingerprint density at radius 2 is 2.06 bits per heavy atom. The molecule has 1 aromatic heterocycles. The zero-order chi connectivity index (χ0) is 12.3. The summed E-state index contributed by atoms with van der Waals surface area (Å²) in [6.45, 7) is 4.73. The monoisotopic (exact) mass is 257 g/mol. The average molecular weight is 257 g/mol. The summed E-state index contributed by atoms with van der Waals surface area (Å²) >= 11 is 1.53. The fraction of sp³-hybridized carbons (Fsp3) is 0.818. The molecule has 1 aliphatic rings. The summed E-state index contributed by atoms with van der Waals surface area (Å²) in [7, 11) is 1.84. The van der Waals surface area contributed by atoms with E-state index in [2.05, 4.69) is 29.4 Å². The summed E-state index contributed by atoms with van der Waals surface area (Å²) < 4.78 is 11.5. The van der Waals surface area contributed by atoms with Gasteiger partial charge in [-0.15, -0.1) is 10.2 Å². The highest BCUT2D eigenvalue weighted by Crippen LogP contribution is 2.23. The Hall–Kier alpha value is -0.720. The number of hydrogen-bond acceptors (Lipinski definition) is 6. The van der Waals surface area contributed by atoms with Crippen LogP contribution in [0.1, 0.15) is 31.7 Å². The lowest BCUT2D eigenvalue weighted by atomic mass is 10.0. The van der Waals surface area contributed by atoms with Gasteiger partial charge in [-0.3, -0.25) is 0 Å². The van der Waals surface area contributed by atoms with Crippen LogP contribution >= 0.6 is 11.3 Å². The molecule has 5 nitrogen and oxygen atoms in total. The van der Waals surface area contributed by atoms with Crippen LogP contribution in [0.3, 0.4) is 0 Å². The second kappa shape index (κ2) is 5.75. The number of aromatic nitrogens is 2. The smallest absolute Gasteiger partial charge is 0.205 e. The van der Waals surface area contributed by atoms with Gasteiger partial charge in [0.15, 0.2) is 0 Å². The van der Waals surface area contributed by atoms with Crippen molar-refractivity contribution in [3.63, 3.8) is 0 Å². The van der Waals surface area contributed by atoms with Crippen LogP contribution in [0.5, 0.6) is 0 Å². The van der Waals surface area contributed by atoms with Gasteiger partial charge in [-0.25, -0.2) is 0 Å². The predicted octanol–water partition coefficient (Wildman–Crippen LogP) is 2.05. The van der Waals surface area contributed by atoms with Crippen molar-refractivity contribution < 1.29 is 9.47 Å². The maximum absolute atomic E-state index is 5.87. The molecule has 6 heteroatoms. The van der Waals surface area contributed by atoms with Crippen molar-refractivity contribution >= 4 is 16.5 Å². The topological polar surface area (TPSA) is 56.3 Å². The summed E-state index contributed by atoms with van der Waals surface area (Å²) in [6.07, 6.45) is 2.76. The van der Waals surface area contributed by atoms with Gasteiger partial charge in [-0.1, -0.05) is 11.3 Å². The molecule has 0 amide bonds. The number of hydrogen-bond donors (Lipinski definition) is 1. The van der Waals surface area contributed by atoms with Crippen LogP contribution in [0.25, 0.3) is 0 Å². The first-order valence-electron chi connectivity index (χ1n) is 5.94. The molecule has 1 aliphatic heterocycles. The van der Waals surface area contributed by atoms with Gasteiger partial charge in [-0.2, -0.15) is 0 Å². The first-order valence-corrected chi connectivity index (χ1v) is 6.76. The minimum atomic E-state index is 0.274. The lowest BCUT2D eigenvalue weighted by Crippen LogP contribution is -2.33. The van der Waals surface area contributed by atoms with Crippen molar-refractivity contribution in [1.82, 2.24) is 10.2 Å². The zero-order valence-corrected chi connectivity index (χ0v) is 11.3. The minimum Gasteiger partial charge on any atom is -0.375 e. The molecular formula is C11H19N3O2S. The molecule has 1 N–H and O–H groups in total. The maximum Gasteiger partial charge on any atom is 0.205 e. The van der Waals surface area contributed by atoms with E-state index in [0.717, 1.165) is 23.0 Å². The number of rotatable bonds is 4. The Bertz CT molecular complexity index is 348. The normalized spacial score (nSPS) is 29.2. The molecule has 1 fully saturated rings. The van der Waals surface area contributed by atoms with Gasteiger partial charge in [-0.05, 0) is 26.7 Å². The van der Waals surface area contributed by atoms with E-state index in [1.54, 1.807) is 0 Å². The highest BCUT2D eigenvalue weighted by Gasteiger charge is 2.25. The molecule has 2 unspecified atom stereocenters. The third-order valence-corrected chi connectivity index (χ3v) is 3.69. The van der Waals surface area contributed by atoms with E-state index < -0.39 is 0 Å². The molecule has 0 saturated carbocycles. The molecule has 0 spiro atoms. The Balaban J connectivity index is 1.81. The van der Waals surface area contributed by atoms with E-state index in [4.69, 9.17) is 9.47 Å². The van der Waals surface area contributed by atoms with E-state index in [1.165, 1.54) is 11.3 Å². The van der Waals surface area contributed by atoms with Crippen LogP contribution in [0.15, 0.2) is 0 Å². The first-order chi connectivity index (χ1) is 8.17. The average Bonchev–Trinajstić information content (AvgIpc) is 2.73. The summed E-state index contributed by atoms with van der Waals surface area (Å²) in [5.74, 6) is 0. The Morgan fingerprint density at radius 1 is 1.35 bits per heavy atom. The number of ether oxygens (including phenoxy) is 2. The quantitative estimate of drug-likeness (QED) is 0.894. The molecule has 1 aromatic rings. The third-order valence-electron chi connectivity index (χ3n) is 2.78. The van der Waals surface area contributed by atoms with Crippen molar-refractivity contribution in [2.24, 2.45) is 0 Å². The molecule has 0 radical (unpaired) electrons. The fourth-order valence-electron chi connectivity index (χ4n) is 2.08. The largest absolute Gasteiger partial charge is 0.375 e. The fourth-order valence-corrected chi connectivity index (χ4v) is 2.70. The van der Waals surface area contributed by atoms with Crippen LogP contribution in [0.4, 0.5) is 5.13 Å². The Kier molecular flexibility index (Phi) is 4.31. The van der Waals surface area contributed by atoms with Gasteiger partial charge in [0.1, 0.15) is 11.6 Å². The highest BCUT2D eigenvalue weighted by molar-refractivity contribution is 7.15. The Labute approximate surface area is 106 Å². The molecule has 1 saturated heterocycles. The molecule has 96 valence electrons. The van der Waals surface area contributed by atoms with Gasteiger partial charge in [0.25, 0.3) is 0 Å². The summed E-state index contributed by atoms with van der Waals surface area (Å²) in [6, 6.07) is 0. The molecule has 17 heavy (non-hydrogen) atoms. The second-order valence-corrected chi connectivity index (χ2v) is 5.47. The number of anilines is 1. The molecule has 2 heterocycles. The second-order valence-electron chi connectivity index (χ2n) is 4.41. The summed E-state index contributed by atoms with van der Waals surface area (Å²) in [5, 5.41) is 12.8. The highest BCUT2D eigenvalue weighted by atomic mass is 32.1. The van der Waals surface area contributed by atoms with Crippen LogP contribution in [0, 0.1) is 0 Å². The van der Waals surface area contributed by atoms with E-state index >= 15 is 0 Å².